The van der Waals surface area contributed by atoms with E-state index in [4.69, 9.17) is 37.9 Å². The maximum atomic E-state index is 12.6. The molecule has 3 aromatic rings. The molecule has 0 saturated carbocycles. The highest BCUT2D eigenvalue weighted by Crippen LogP contribution is 2.36. The summed E-state index contributed by atoms with van der Waals surface area (Å²) in [7, 11) is 0. The molecule has 1 N–H and O–H groups in total. The van der Waals surface area contributed by atoms with Gasteiger partial charge in [0.15, 0.2) is 5.76 Å². The first-order valence-electron chi connectivity index (χ1n) is 8.84. The van der Waals surface area contributed by atoms with Crippen molar-refractivity contribution < 1.29 is 24.3 Å². The Kier molecular flexibility index (Phi) is 5.67. The zero-order valence-electron chi connectivity index (χ0n) is 15.5. The lowest BCUT2D eigenvalue weighted by atomic mass is 10.1. The Morgan fingerprint density at radius 1 is 1.06 bits per heavy atom. The normalized spacial score (nSPS) is 13.7. The predicted molar refractivity (Wildman–Crippen MR) is 115 cm³/mol. The predicted octanol–water partition coefficient (Wildman–Crippen LogP) is 5.52. The van der Waals surface area contributed by atoms with Crippen LogP contribution in [0.15, 0.2) is 66.4 Å². The molecule has 156 valence electrons. The standard InChI is InChI=1S/C22H12Cl2NO6/c23-17-2-1-3-18(24)16(17)11-20-21(26)15-9-8-14(10-19(15)31-20)30-22(27)12-4-6-13(7-5-12)25(28)29/h1-11,28H/q-1. The van der Waals surface area contributed by atoms with Crippen molar-refractivity contribution in [1.29, 1.82) is 0 Å². The third kappa shape index (κ3) is 4.26. The molecule has 0 amide bonds. The molecule has 0 saturated heterocycles. The molecule has 0 atom stereocenters. The van der Waals surface area contributed by atoms with E-state index >= 15 is 0 Å². The van der Waals surface area contributed by atoms with E-state index in [0.717, 1.165) is 0 Å². The summed E-state index contributed by atoms with van der Waals surface area (Å²) in [6.45, 7) is 0. The van der Waals surface area contributed by atoms with Gasteiger partial charge in [-0.25, -0.2) is 4.79 Å². The van der Waals surface area contributed by atoms with Crippen molar-refractivity contribution in [3.05, 3.63) is 98.4 Å². The minimum Gasteiger partial charge on any atom is -0.733 e. The van der Waals surface area contributed by atoms with Crippen LogP contribution in [-0.2, 0) is 0 Å². The van der Waals surface area contributed by atoms with Gasteiger partial charge < -0.3 is 19.9 Å². The molecule has 0 radical (unpaired) electrons. The smallest absolute Gasteiger partial charge is 0.343 e. The van der Waals surface area contributed by atoms with Gasteiger partial charge in [-0.3, -0.25) is 10.0 Å². The molecule has 0 aromatic heterocycles. The lowest BCUT2D eigenvalue weighted by molar-refractivity contribution is 0.0734. The summed E-state index contributed by atoms with van der Waals surface area (Å²) in [6.07, 6.45) is 1.46. The first-order valence-corrected chi connectivity index (χ1v) is 9.60. The van der Waals surface area contributed by atoms with E-state index in [9.17, 15) is 14.8 Å². The van der Waals surface area contributed by atoms with E-state index in [1.165, 1.54) is 48.5 Å². The van der Waals surface area contributed by atoms with Crippen molar-refractivity contribution >= 4 is 46.7 Å². The summed E-state index contributed by atoms with van der Waals surface area (Å²) in [4.78, 5) is 24.9. The maximum Gasteiger partial charge on any atom is 0.343 e. The number of anilines is 1. The summed E-state index contributed by atoms with van der Waals surface area (Å²) in [6, 6.07) is 14.5. The van der Waals surface area contributed by atoms with E-state index in [1.54, 1.807) is 18.2 Å². The molecular formula is C22H12Cl2NO6-. The van der Waals surface area contributed by atoms with Gasteiger partial charge in [0.2, 0.25) is 5.78 Å². The minimum atomic E-state index is -0.690. The van der Waals surface area contributed by atoms with Gasteiger partial charge >= 0.3 is 5.97 Å². The van der Waals surface area contributed by atoms with Crippen LogP contribution >= 0.6 is 23.2 Å². The number of Topliss-reactive ketones (excluding diaryl/α,β-unsaturated/α-hetero) is 1. The van der Waals surface area contributed by atoms with Gasteiger partial charge in [0.05, 0.1) is 16.8 Å². The van der Waals surface area contributed by atoms with Crippen LogP contribution in [0.25, 0.3) is 6.08 Å². The molecule has 0 bridgehead atoms. The molecule has 1 aliphatic rings. The van der Waals surface area contributed by atoms with Crippen LogP contribution < -0.4 is 14.7 Å². The van der Waals surface area contributed by atoms with Crippen LogP contribution in [0.2, 0.25) is 10.0 Å². The average molecular weight is 457 g/mol. The molecule has 0 unspecified atom stereocenters. The van der Waals surface area contributed by atoms with E-state index in [1.807, 2.05) is 0 Å². The first kappa shape index (κ1) is 20.9. The van der Waals surface area contributed by atoms with Gasteiger partial charge in [0, 0.05) is 21.7 Å². The number of esters is 1. The number of carbonyl (C=O) groups is 2. The number of halogens is 2. The van der Waals surface area contributed by atoms with Gasteiger partial charge in [-0.05, 0) is 54.6 Å². The third-order valence-electron chi connectivity index (χ3n) is 4.45. The molecule has 0 fully saturated rings. The molecule has 1 heterocycles. The molecule has 7 nitrogen and oxygen atoms in total. The number of hydrogen-bond donors (Lipinski definition) is 1. The zero-order valence-corrected chi connectivity index (χ0v) is 17.1. The Morgan fingerprint density at radius 3 is 2.39 bits per heavy atom. The number of allylic oxidation sites excluding steroid dienone is 1. The second kappa shape index (κ2) is 8.41. The highest BCUT2D eigenvalue weighted by Gasteiger charge is 2.28. The van der Waals surface area contributed by atoms with Crippen molar-refractivity contribution in [3.8, 4) is 11.5 Å². The van der Waals surface area contributed by atoms with E-state index in [-0.39, 0.29) is 39.5 Å². The molecule has 4 rings (SSSR count). The SMILES string of the molecule is O=C(Oc1ccc2c(c1)OC(=Cc1c(Cl)cccc1Cl)C2=O)c1ccc(N([O-])O)cc1. The number of ether oxygens (including phenoxy) is 2. The maximum absolute atomic E-state index is 12.6. The Balaban J connectivity index is 1.54. The fourth-order valence-electron chi connectivity index (χ4n) is 2.90. The summed E-state index contributed by atoms with van der Waals surface area (Å²) < 4.78 is 10.9. The number of fused-ring (bicyclic) bond motifs is 1. The van der Waals surface area contributed by atoms with Crippen LogP contribution in [0, 0.1) is 5.21 Å². The largest absolute Gasteiger partial charge is 0.733 e. The summed E-state index contributed by atoms with van der Waals surface area (Å²) >= 11 is 12.3. The number of carbonyl (C=O) groups excluding carboxylic acids is 2. The number of benzene rings is 3. The molecule has 0 spiro atoms. The summed E-state index contributed by atoms with van der Waals surface area (Å²) in [5.74, 6) is -0.627. The van der Waals surface area contributed by atoms with Gasteiger partial charge in [0.25, 0.3) is 0 Å². The van der Waals surface area contributed by atoms with Crippen LogP contribution in [0.1, 0.15) is 26.3 Å². The van der Waals surface area contributed by atoms with Crippen LogP contribution in [-0.4, -0.2) is 17.0 Å². The first-order chi connectivity index (χ1) is 14.8. The molecule has 0 aliphatic carbocycles. The van der Waals surface area contributed by atoms with Crippen LogP contribution in [0.4, 0.5) is 5.69 Å². The number of ketones is 1. The fourth-order valence-corrected chi connectivity index (χ4v) is 3.41. The van der Waals surface area contributed by atoms with Crippen LogP contribution in [0.3, 0.4) is 0 Å². The molecule has 9 heteroatoms. The Bertz CT molecular complexity index is 1200. The van der Waals surface area contributed by atoms with Gasteiger partial charge in [0.1, 0.15) is 11.5 Å². The Hall–Kier alpha value is -3.36. The van der Waals surface area contributed by atoms with E-state index in [2.05, 4.69) is 0 Å². The fraction of sp³-hybridized carbons (Fsp3) is 0. The van der Waals surface area contributed by atoms with Gasteiger partial charge in [-0.2, -0.15) is 0 Å². The number of rotatable bonds is 4. The molecule has 1 aliphatic heterocycles. The Labute approximate surface area is 186 Å². The highest BCUT2D eigenvalue weighted by atomic mass is 35.5. The second-order valence-electron chi connectivity index (χ2n) is 6.44. The van der Waals surface area contributed by atoms with Crippen molar-refractivity contribution in [2.45, 2.75) is 0 Å². The van der Waals surface area contributed by atoms with E-state index in [0.29, 0.717) is 21.2 Å². The minimum absolute atomic E-state index is 0.0288. The van der Waals surface area contributed by atoms with Crippen molar-refractivity contribution in [2.24, 2.45) is 0 Å². The molecular weight excluding hydrogens is 445 g/mol. The topological polar surface area (TPSA) is 99.1 Å². The molecule has 3 aromatic carbocycles. The van der Waals surface area contributed by atoms with Crippen LogP contribution in [0.5, 0.6) is 11.5 Å². The van der Waals surface area contributed by atoms with Crippen molar-refractivity contribution in [1.82, 2.24) is 0 Å². The summed E-state index contributed by atoms with van der Waals surface area (Å²) in [5.41, 5.74) is 0.893. The Morgan fingerprint density at radius 2 is 1.74 bits per heavy atom. The summed E-state index contributed by atoms with van der Waals surface area (Å²) in [5, 5.41) is 20.1. The highest BCUT2D eigenvalue weighted by molar-refractivity contribution is 6.37. The lowest BCUT2D eigenvalue weighted by Gasteiger charge is -2.21. The van der Waals surface area contributed by atoms with Crippen molar-refractivity contribution in [2.75, 3.05) is 5.23 Å². The van der Waals surface area contributed by atoms with E-state index < -0.39 is 5.97 Å². The number of hydrogen-bond acceptors (Lipinski definition) is 7. The average Bonchev–Trinajstić information content (AvgIpc) is 3.05. The van der Waals surface area contributed by atoms with Gasteiger partial charge in [-0.1, -0.05) is 29.3 Å². The zero-order chi connectivity index (χ0) is 22.1. The van der Waals surface area contributed by atoms with Gasteiger partial charge in [-0.15, -0.1) is 0 Å². The third-order valence-corrected chi connectivity index (χ3v) is 5.11. The number of nitrogens with zero attached hydrogens (tertiary/aromatic N) is 1. The monoisotopic (exact) mass is 456 g/mol. The second-order valence-corrected chi connectivity index (χ2v) is 7.26. The molecule has 31 heavy (non-hydrogen) atoms. The quantitative estimate of drug-likeness (QED) is 0.238. The lowest BCUT2D eigenvalue weighted by Crippen LogP contribution is -2.10. The van der Waals surface area contributed by atoms with Crippen molar-refractivity contribution in [3.63, 3.8) is 0 Å².